The summed E-state index contributed by atoms with van der Waals surface area (Å²) in [6, 6.07) is 11.2. The van der Waals surface area contributed by atoms with Gasteiger partial charge in [-0.05, 0) is 43.2 Å². The van der Waals surface area contributed by atoms with E-state index in [2.05, 4.69) is 10.0 Å². The average molecular weight is 364 g/mol. The molecule has 2 aromatic carbocycles. The quantitative estimate of drug-likeness (QED) is 0.789. The van der Waals surface area contributed by atoms with Crippen molar-refractivity contribution in [1.29, 1.82) is 0 Å². The van der Waals surface area contributed by atoms with Gasteiger partial charge in [0.25, 0.3) is 15.9 Å². The van der Waals surface area contributed by atoms with Crippen LogP contribution in [0.4, 0.5) is 10.1 Å². The molecule has 1 amide bonds. The van der Waals surface area contributed by atoms with Gasteiger partial charge in [0, 0.05) is 11.6 Å². The number of hydrogen-bond acceptors (Lipinski definition) is 3. The fourth-order valence-electron chi connectivity index (χ4n) is 2.31. The van der Waals surface area contributed by atoms with Crippen LogP contribution in [0.1, 0.15) is 37.0 Å². The van der Waals surface area contributed by atoms with E-state index < -0.39 is 15.8 Å². The lowest BCUT2D eigenvalue weighted by Gasteiger charge is -2.15. The maximum atomic E-state index is 13.7. The minimum atomic E-state index is -4.00. The third-order valence-corrected chi connectivity index (χ3v) is 5.21. The fraction of sp³-hybridized carbons (Fsp3) is 0.278. The zero-order valence-corrected chi connectivity index (χ0v) is 14.9. The maximum Gasteiger partial charge on any atom is 0.262 e. The predicted octanol–water partition coefficient (Wildman–Crippen LogP) is 3.54. The van der Waals surface area contributed by atoms with Gasteiger partial charge in [-0.25, -0.2) is 12.8 Å². The Bertz CT molecular complexity index is 849. The van der Waals surface area contributed by atoms with Crippen molar-refractivity contribution in [2.75, 3.05) is 4.72 Å². The molecular weight excluding hydrogens is 343 g/mol. The molecule has 5 nitrogen and oxygen atoms in total. The van der Waals surface area contributed by atoms with Crippen LogP contribution < -0.4 is 10.0 Å². The highest BCUT2D eigenvalue weighted by molar-refractivity contribution is 7.92. The van der Waals surface area contributed by atoms with Crippen LogP contribution in [0.3, 0.4) is 0 Å². The maximum absolute atomic E-state index is 13.7. The molecule has 0 fully saturated rings. The van der Waals surface area contributed by atoms with E-state index in [9.17, 15) is 17.6 Å². The third kappa shape index (κ3) is 4.79. The molecule has 134 valence electrons. The van der Waals surface area contributed by atoms with E-state index in [1.165, 1.54) is 36.4 Å². The highest BCUT2D eigenvalue weighted by Gasteiger charge is 2.18. The van der Waals surface area contributed by atoms with Crippen molar-refractivity contribution in [3.05, 3.63) is 59.9 Å². The summed E-state index contributed by atoms with van der Waals surface area (Å²) < 4.78 is 40.8. The van der Waals surface area contributed by atoms with Crippen molar-refractivity contribution in [2.45, 2.75) is 37.6 Å². The first kappa shape index (κ1) is 18.9. The van der Waals surface area contributed by atoms with E-state index >= 15 is 0 Å². The summed E-state index contributed by atoms with van der Waals surface area (Å²) in [6.45, 7) is 3.93. The van der Waals surface area contributed by atoms with Crippen LogP contribution in [0.25, 0.3) is 0 Å². The molecule has 0 unspecified atom stereocenters. The highest BCUT2D eigenvalue weighted by Crippen LogP contribution is 2.19. The Morgan fingerprint density at radius 2 is 1.76 bits per heavy atom. The Labute approximate surface area is 147 Å². The van der Waals surface area contributed by atoms with Crippen LogP contribution in [0, 0.1) is 5.82 Å². The van der Waals surface area contributed by atoms with Gasteiger partial charge in [-0.15, -0.1) is 0 Å². The molecule has 7 heteroatoms. The highest BCUT2D eigenvalue weighted by atomic mass is 32.2. The van der Waals surface area contributed by atoms with Crippen LogP contribution in [-0.4, -0.2) is 20.4 Å². The summed E-state index contributed by atoms with van der Waals surface area (Å²) in [5.74, 6) is -1.01. The number of para-hydroxylation sites is 1. The molecule has 0 aliphatic rings. The van der Waals surface area contributed by atoms with Crippen LogP contribution in [-0.2, 0) is 10.0 Å². The van der Waals surface area contributed by atoms with E-state index in [1.54, 1.807) is 6.07 Å². The summed E-state index contributed by atoms with van der Waals surface area (Å²) >= 11 is 0. The number of halogens is 1. The molecule has 0 aliphatic heterocycles. The molecule has 0 saturated heterocycles. The van der Waals surface area contributed by atoms with Crippen molar-refractivity contribution in [3.8, 4) is 0 Å². The second-order valence-electron chi connectivity index (χ2n) is 5.60. The molecular formula is C18H21FN2O3S. The summed E-state index contributed by atoms with van der Waals surface area (Å²) in [7, 11) is -4.00. The number of carbonyl (C=O) groups is 1. The normalized spacial score (nSPS) is 11.4. The summed E-state index contributed by atoms with van der Waals surface area (Å²) in [5, 5.41) is 2.86. The molecule has 0 saturated carbocycles. The van der Waals surface area contributed by atoms with Crippen molar-refractivity contribution in [3.63, 3.8) is 0 Å². The SMILES string of the molecule is CCC(CC)NC(=O)c1cccc(S(=O)(=O)Nc2ccccc2F)c1. The van der Waals surface area contributed by atoms with Gasteiger partial charge in [0.05, 0.1) is 10.6 Å². The Balaban J connectivity index is 2.25. The van der Waals surface area contributed by atoms with Crippen LogP contribution in [0.15, 0.2) is 53.4 Å². The van der Waals surface area contributed by atoms with Crippen molar-refractivity contribution >= 4 is 21.6 Å². The number of anilines is 1. The Kier molecular flexibility index (Phi) is 6.14. The first-order chi connectivity index (χ1) is 11.9. The monoisotopic (exact) mass is 364 g/mol. The third-order valence-electron chi connectivity index (χ3n) is 3.85. The Hall–Kier alpha value is -2.41. The predicted molar refractivity (Wildman–Crippen MR) is 95.5 cm³/mol. The lowest BCUT2D eigenvalue weighted by molar-refractivity contribution is 0.0934. The zero-order chi connectivity index (χ0) is 18.4. The number of nitrogens with one attached hydrogen (secondary N) is 2. The van der Waals surface area contributed by atoms with Gasteiger partial charge >= 0.3 is 0 Å². The first-order valence-corrected chi connectivity index (χ1v) is 9.54. The van der Waals surface area contributed by atoms with E-state index in [4.69, 9.17) is 0 Å². The minimum absolute atomic E-state index is 0.0318. The average Bonchev–Trinajstić information content (AvgIpc) is 2.61. The molecule has 0 aliphatic carbocycles. The van der Waals surface area contributed by atoms with E-state index in [1.807, 2.05) is 13.8 Å². The van der Waals surface area contributed by atoms with Gasteiger partial charge in [0.1, 0.15) is 5.82 Å². The van der Waals surface area contributed by atoms with E-state index in [0.717, 1.165) is 18.9 Å². The summed E-state index contributed by atoms with van der Waals surface area (Å²) in [6.07, 6.45) is 1.57. The van der Waals surface area contributed by atoms with Gasteiger partial charge in [-0.1, -0.05) is 32.0 Å². The number of sulfonamides is 1. The van der Waals surface area contributed by atoms with E-state index in [-0.39, 0.29) is 28.1 Å². The largest absolute Gasteiger partial charge is 0.349 e. The Morgan fingerprint density at radius 1 is 1.08 bits per heavy atom. The fourth-order valence-corrected chi connectivity index (χ4v) is 3.43. The second-order valence-corrected chi connectivity index (χ2v) is 7.28. The van der Waals surface area contributed by atoms with Gasteiger partial charge in [-0.2, -0.15) is 0 Å². The van der Waals surface area contributed by atoms with Crippen LogP contribution in [0.2, 0.25) is 0 Å². The number of benzene rings is 2. The van der Waals surface area contributed by atoms with Crippen LogP contribution >= 0.6 is 0 Å². The summed E-state index contributed by atoms with van der Waals surface area (Å²) in [4.78, 5) is 12.2. The molecule has 0 radical (unpaired) electrons. The molecule has 25 heavy (non-hydrogen) atoms. The zero-order valence-electron chi connectivity index (χ0n) is 14.1. The van der Waals surface area contributed by atoms with Gasteiger partial charge in [0.2, 0.25) is 0 Å². The lowest BCUT2D eigenvalue weighted by atomic mass is 10.1. The first-order valence-electron chi connectivity index (χ1n) is 8.05. The number of carbonyl (C=O) groups excluding carboxylic acids is 1. The van der Waals surface area contributed by atoms with Gasteiger partial charge in [0.15, 0.2) is 0 Å². The van der Waals surface area contributed by atoms with Gasteiger partial charge in [-0.3, -0.25) is 9.52 Å². The van der Waals surface area contributed by atoms with Crippen molar-refractivity contribution in [1.82, 2.24) is 5.32 Å². The van der Waals surface area contributed by atoms with E-state index in [0.29, 0.717) is 0 Å². The number of rotatable bonds is 7. The standard InChI is InChI=1S/C18H21FN2O3S/c1-3-14(4-2)20-18(22)13-8-7-9-15(12-13)25(23,24)21-17-11-6-5-10-16(17)19/h5-12,14,21H,3-4H2,1-2H3,(H,20,22). The second kappa shape index (κ2) is 8.11. The molecule has 2 aromatic rings. The van der Waals surface area contributed by atoms with Gasteiger partial charge < -0.3 is 5.32 Å². The topological polar surface area (TPSA) is 75.3 Å². The molecule has 0 bridgehead atoms. The van der Waals surface area contributed by atoms with Crippen molar-refractivity contribution in [2.24, 2.45) is 0 Å². The number of hydrogen-bond donors (Lipinski definition) is 2. The van der Waals surface area contributed by atoms with Crippen LogP contribution in [0.5, 0.6) is 0 Å². The molecule has 2 N–H and O–H groups in total. The summed E-state index contributed by atoms with van der Waals surface area (Å²) in [5.41, 5.74) is 0.0951. The Morgan fingerprint density at radius 3 is 2.40 bits per heavy atom. The smallest absolute Gasteiger partial charge is 0.262 e. The molecule has 2 rings (SSSR count). The minimum Gasteiger partial charge on any atom is -0.349 e. The molecule has 0 atom stereocenters. The number of amides is 1. The molecule has 0 aromatic heterocycles. The lowest BCUT2D eigenvalue weighted by Crippen LogP contribution is -2.33. The van der Waals surface area contributed by atoms with Crippen molar-refractivity contribution < 1.29 is 17.6 Å². The molecule has 0 spiro atoms. The molecule has 0 heterocycles.